The number of imidazole rings is 1. The molecule has 0 fully saturated rings. The van der Waals surface area contributed by atoms with Crippen LogP contribution in [-0.4, -0.2) is 19.7 Å². The molecule has 0 bridgehead atoms. The van der Waals surface area contributed by atoms with Crippen molar-refractivity contribution in [3.05, 3.63) is 40.2 Å². The summed E-state index contributed by atoms with van der Waals surface area (Å²) in [6, 6.07) is 7.16. The first kappa shape index (κ1) is 12.9. The fraction of sp³-hybridized carbons (Fsp3) is 0.167. The van der Waals surface area contributed by atoms with Crippen LogP contribution in [0.25, 0.3) is 17.0 Å². The van der Waals surface area contributed by atoms with E-state index < -0.39 is 11.9 Å². The van der Waals surface area contributed by atoms with Crippen LogP contribution in [0.4, 0.5) is 13.2 Å². The van der Waals surface area contributed by atoms with Crippen LogP contribution in [0, 0.1) is 11.6 Å². The van der Waals surface area contributed by atoms with E-state index in [0.717, 1.165) is 10.2 Å². The predicted octanol–water partition coefficient (Wildman–Crippen LogP) is 3.74. The summed E-state index contributed by atoms with van der Waals surface area (Å²) in [6.45, 7) is 1.33. The normalized spacial score (nSPS) is 12.2. The van der Waals surface area contributed by atoms with Gasteiger partial charge in [0.15, 0.2) is 0 Å². The largest absolute Gasteiger partial charge is 0.433 e. The molecule has 0 aliphatic heterocycles. The number of rotatable bonds is 1. The smallest absolute Gasteiger partial charge is 0.322 e. The van der Waals surface area contributed by atoms with Crippen molar-refractivity contribution in [2.24, 2.45) is 0 Å². The molecule has 1 aromatic carbocycles. The molecule has 3 aromatic rings. The lowest BCUT2D eigenvalue weighted by atomic mass is 10.3. The van der Waals surface area contributed by atoms with Crippen LogP contribution in [0.1, 0.15) is 11.3 Å². The van der Waals surface area contributed by atoms with Gasteiger partial charge in [-0.25, -0.2) is 9.67 Å². The van der Waals surface area contributed by atoms with Gasteiger partial charge in [-0.05, 0) is 19.1 Å². The third-order valence-electron chi connectivity index (χ3n) is 2.99. The Kier molecular flexibility index (Phi) is 2.72. The molecule has 0 amide bonds. The lowest BCUT2D eigenvalue weighted by molar-refractivity contribution is -0.141. The number of hydrogen-bond donors (Lipinski definition) is 2. The van der Waals surface area contributed by atoms with E-state index in [1.807, 2.05) is 6.07 Å². The standard InChI is InChI=1S/C12H9F3N4S/c1-6-9(12(13,14)15)18-19(10(6)20)11-16-7-4-2-3-5-8(7)17-11/h2-5,18H,1H3,(H,16,17). The maximum Gasteiger partial charge on any atom is 0.433 e. The molecule has 104 valence electrons. The van der Waals surface area contributed by atoms with E-state index in [1.54, 1.807) is 18.2 Å². The van der Waals surface area contributed by atoms with Gasteiger partial charge in [-0.3, -0.25) is 5.10 Å². The third kappa shape index (κ3) is 1.92. The summed E-state index contributed by atoms with van der Waals surface area (Å²) in [7, 11) is 0. The Morgan fingerprint density at radius 2 is 1.95 bits per heavy atom. The molecule has 2 heterocycles. The van der Waals surface area contributed by atoms with E-state index in [1.165, 1.54) is 6.92 Å². The number of aromatic amines is 2. The summed E-state index contributed by atoms with van der Waals surface area (Å²) in [6.07, 6.45) is -4.48. The minimum atomic E-state index is -4.48. The second-order valence-electron chi connectivity index (χ2n) is 4.33. The number of benzene rings is 1. The lowest BCUT2D eigenvalue weighted by Gasteiger charge is -2.03. The highest BCUT2D eigenvalue weighted by Crippen LogP contribution is 2.31. The summed E-state index contributed by atoms with van der Waals surface area (Å²) in [5.74, 6) is 0.231. The van der Waals surface area contributed by atoms with Crippen molar-refractivity contribution in [3.63, 3.8) is 0 Å². The second kappa shape index (κ2) is 4.20. The first-order chi connectivity index (χ1) is 9.38. The van der Waals surface area contributed by atoms with Gasteiger partial charge < -0.3 is 4.98 Å². The quantitative estimate of drug-likeness (QED) is 0.672. The number of nitrogens with one attached hydrogen (secondary N) is 2. The molecule has 0 saturated carbocycles. The van der Waals surface area contributed by atoms with Crippen molar-refractivity contribution < 1.29 is 13.2 Å². The molecule has 2 N–H and O–H groups in total. The first-order valence-electron chi connectivity index (χ1n) is 5.72. The minimum absolute atomic E-state index is 0.0204. The Hall–Kier alpha value is -2.09. The summed E-state index contributed by atoms with van der Waals surface area (Å²) < 4.78 is 39.7. The number of halogens is 3. The summed E-state index contributed by atoms with van der Waals surface area (Å²) in [5.41, 5.74) is 0.506. The molecule has 0 saturated heterocycles. The van der Waals surface area contributed by atoms with Gasteiger partial charge in [0.1, 0.15) is 10.3 Å². The number of alkyl halides is 3. The molecule has 0 atom stereocenters. The second-order valence-corrected chi connectivity index (χ2v) is 4.71. The molecule has 8 heteroatoms. The number of aromatic nitrogens is 4. The Bertz CT molecular complexity index is 807. The molecule has 0 radical (unpaired) electrons. The molecule has 3 rings (SSSR count). The Balaban J connectivity index is 2.22. The maximum atomic E-state index is 12.8. The zero-order valence-corrected chi connectivity index (χ0v) is 11.1. The van der Waals surface area contributed by atoms with Crippen molar-refractivity contribution in [3.8, 4) is 5.95 Å². The zero-order valence-electron chi connectivity index (χ0n) is 10.2. The molecule has 4 nitrogen and oxygen atoms in total. The molecule has 0 unspecified atom stereocenters. The van der Waals surface area contributed by atoms with Crippen molar-refractivity contribution in [2.45, 2.75) is 13.1 Å². The highest BCUT2D eigenvalue weighted by atomic mass is 32.1. The van der Waals surface area contributed by atoms with Gasteiger partial charge >= 0.3 is 6.18 Å². The van der Waals surface area contributed by atoms with E-state index in [2.05, 4.69) is 15.1 Å². The van der Waals surface area contributed by atoms with Crippen LogP contribution in [0.3, 0.4) is 0 Å². The molecule has 20 heavy (non-hydrogen) atoms. The van der Waals surface area contributed by atoms with Crippen LogP contribution in [0.15, 0.2) is 24.3 Å². The van der Waals surface area contributed by atoms with E-state index in [4.69, 9.17) is 12.2 Å². The van der Waals surface area contributed by atoms with E-state index in [9.17, 15) is 13.2 Å². The topological polar surface area (TPSA) is 49.4 Å². The lowest BCUT2D eigenvalue weighted by Crippen LogP contribution is -2.09. The minimum Gasteiger partial charge on any atom is -0.322 e. The Morgan fingerprint density at radius 1 is 1.25 bits per heavy atom. The molecule has 0 aliphatic carbocycles. The predicted molar refractivity (Wildman–Crippen MR) is 70.3 cm³/mol. The number of H-pyrrole nitrogens is 2. The highest BCUT2D eigenvalue weighted by molar-refractivity contribution is 7.71. The third-order valence-corrected chi connectivity index (χ3v) is 3.48. The van der Waals surface area contributed by atoms with Gasteiger partial charge in [0.05, 0.1) is 11.0 Å². The molecule has 0 aliphatic rings. The van der Waals surface area contributed by atoms with Crippen molar-refractivity contribution >= 4 is 23.3 Å². The van der Waals surface area contributed by atoms with Crippen LogP contribution in [0.2, 0.25) is 0 Å². The van der Waals surface area contributed by atoms with Crippen molar-refractivity contribution in [2.75, 3.05) is 0 Å². The van der Waals surface area contributed by atoms with Crippen molar-refractivity contribution in [1.29, 1.82) is 0 Å². The average molecular weight is 298 g/mol. The van der Waals surface area contributed by atoms with Gasteiger partial charge in [-0.15, -0.1) is 0 Å². The highest BCUT2D eigenvalue weighted by Gasteiger charge is 2.36. The molecular weight excluding hydrogens is 289 g/mol. The maximum absolute atomic E-state index is 12.8. The van der Waals surface area contributed by atoms with Gasteiger partial charge in [-0.1, -0.05) is 24.4 Å². The van der Waals surface area contributed by atoms with Gasteiger partial charge in [0.2, 0.25) is 5.95 Å². The first-order valence-corrected chi connectivity index (χ1v) is 6.12. The van der Waals surface area contributed by atoms with E-state index in [0.29, 0.717) is 5.52 Å². The fourth-order valence-corrected chi connectivity index (χ4v) is 2.23. The van der Waals surface area contributed by atoms with Gasteiger partial charge in [0.25, 0.3) is 0 Å². The van der Waals surface area contributed by atoms with Gasteiger partial charge in [0, 0.05) is 5.56 Å². The monoisotopic (exact) mass is 298 g/mol. The molecule has 2 aromatic heterocycles. The SMILES string of the molecule is Cc1c(C(F)(F)F)[nH]n(-c2nc3ccccc3[nH]2)c1=S. The van der Waals surface area contributed by atoms with E-state index in [-0.39, 0.29) is 16.2 Å². The summed E-state index contributed by atoms with van der Waals surface area (Å²) in [5, 5.41) is 2.26. The number of hydrogen-bond acceptors (Lipinski definition) is 2. The van der Waals surface area contributed by atoms with Gasteiger partial charge in [-0.2, -0.15) is 13.2 Å². The van der Waals surface area contributed by atoms with Crippen LogP contribution < -0.4 is 0 Å². The van der Waals surface area contributed by atoms with Crippen LogP contribution >= 0.6 is 12.2 Å². The molecular formula is C12H9F3N4S. The van der Waals surface area contributed by atoms with Crippen LogP contribution in [0.5, 0.6) is 0 Å². The summed E-state index contributed by atoms with van der Waals surface area (Å²) in [4.78, 5) is 7.15. The van der Waals surface area contributed by atoms with Crippen LogP contribution in [-0.2, 0) is 6.18 Å². The van der Waals surface area contributed by atoms with Crippen molar-refractivity contribution in [1.82, 2.24) is 19.7 Å². The Labute approximate surface area is 116 Å². The number of nitrogens with zero attached hydrogens (tertiary/aromatic N) is 2. The summed E-state index contributed by atoms with van der Waals surface area (Å²) >= 11 is 5.04. The zero-order chi connectivity index (χ0) is 14.5. The Morgan fingerprint density at radius 3 is 2.55 bits per heavy atom. The average Bonchev–Trinajstić information content (AvgIpc) is 2.91. The fourth-order valence-electron chi connectivity index (χ4n) is 1.99. The van der Waals surface area contributed by atoms with E-state index >= 15 is 0 Å². The molecule has 0 spiro atoms. The number of para-hydroxylation sites is 2. The number of fused-ring (bicyclic) bond motifs is 1.